The molecule has 0 bridgehead atoms. The molecular weight excluding hydrogens is 428 g/mol. The van der Waals surface area contributed by atoms with Gasteiger partial charge in [-0.2, -0.15) is 0 Å². The standard InChI is InChI=1S/C21H20O11/c22-7-13-15(26)17(28)18(29)21(31-13)32-20-16(27)14-11(25)5-10(24)6-12(14)30-19(20)8-1-3-9(23)4-2-8/h1-6,13,15,17-18,21-26,28-29H,7H2/t13-,15-,17?,18-,21?/m1/s1. The van der Waals surface area contributed by atoms with Gasteiger partial charge in [0.15, 0.2) is 5.76 Å². The Morgan fingerprint density at radius 1 is 0.906 bits per heavy atom. The number of phenolic OH excluding ortho intramolecular Hbond substituents is 3. The van der Waals surface area contributed by atoms with Crippen LogP contribution in [0.5, 0.6) is 23.0 Å². The molecule has 11 heteroatoms. The summed E-state index contributed by atoms with van der Waals surface area (Å²) in [6.45, 7) is -0.706. The maximum absolute atomic E-state index is 13.2. The van der Waals surface area contributed by atoms with E-state index in [0.29, 0.717) is 0 Å². The number of aromatic hydroxyl groups is 3. The predicted octanol–water partition coefficient (Wildman–Crippen LogP) is -0.244. The highest BCUT2D eigenvalue weighted by Crippen LogP contribution is 2.37. The Morgan fingerprint density at radius 3 is 2.25 bits per heavy atom. The highest BCUT2D eigenvalue weighted by atomic mass is 16.7. The highest BCUT2D eigenvalue weighted by Gasteiger charge is 2.45. The van der Waals surface area contributed by atoms with Crippen molar-refractivity contribution in [1.29, 1.82) is 0 Å². The van der Waals surface area contributed by atoms with Gasteiger partial charge < -0.3 is 49.6 Å². The smallest absolute Gasteiger partial charge is 0.239 e. The molecular formula is C21H20O11. The molecule has 32 heavy (non-hydrogen) atoms. The first-order valence-electron chi connectivity index (χ1n) is 9.50. The second kappa shape index (κ2) is 8.30. The average molecular weight is 448 g/mol. The van der Waals surface area contributed by atoms with Crippen molar-refractivity contribution in [3.63, 3.8) is 0 Å². The SMILES string of the molecule is O=c1c(OC2O[C@H](CO)[C@@H](O)C(O)[C@H]2O)c(-c2ccc(O)cc2)oc2cc(O)cc(O)c12. The van der Waals surface area contributed by atoms with E-state index in [1.54, 1.807) is 0 Å². The van der Waals surface area contributed by atoms with Gasteiger partial charge in [-0.1, -0.05) is 0 Å². The fourth-order valence-electron chi connectivity index (χ4n) is 3.46. The summed E-state index contributed by atoms with van der Waals surface area (Å²) in [5, 5.41) is 68.8. The van der Waals surface area contributed by atoms with Crippen LogP contribution in [-0.2, 0) is 4.74 Å². The maximum Gasteiger partial charge on any atom is 0.239 e. The van der Waals surface area contributed by atoms with Crippen LogP contribution >= 0.6 is 0 Å². The maximum atomic E-state index is 13.2. The number of benzene rings is 2. The van der Waals surface area contributed by atoms with Gasteiger partial charge in [0.05, 0.1) is 6.61 Å². The number of hydrogen-bond donors (Lipinski definition) is 7. The number of phenols is 3. The molecule has 1 aromatic heterocycles. The fraction of sp³-hybridized carbons (Fsp3) is 0.286. The first-order valence-corrected chi connectivity index (χ1v) is 9.50. The van der Waals surface area contributed by atoms with Gasteiger partial charge in [-0.25, -0.2) is 0 Å². The van der Waals surface area contributed by atoms with Gasteiger partial charge in [0.1, 0.15) is 52.6 Å². The lowest BCUT2D eigenvalue weighted by molar-refractivity contribution is -0.277. The van der Waals surface area contributed by atoms with Crippen LogP contribution in [0.15, 0.2) is 45.6 Å². The lowest BCUT2D eigenvalue weighted by Crippen LogP contribution is -2.60. The second-order valence-electron chi connectivity index (χ2n) is 7.29. The third kappa shape index (κ3) is 3.72. The van der Waals surface area contributed by atoms with E-state index in [-0.39, 0.29) is 33.8 Å². The van der Waals surface area contributed by atoms with Crippen LogP contribution in [0.3, 0.4) is 0 Å². The van der Waals surface area contributed by atoms with E-state index in [1.165, 1.54) is 24.3 Å². The zero-order valence-corrected chi connectivity index (χ0v) is 16.3. The number of aliphatic hydroxyl groups excluding tert-OH is 4. The van der Waals surface area contributed by atoms with E-state index in [4.69, 9.17) is 13.9 Å². The van der Waals surface area contributed by atoms with Crippen molar-refractivity contribution in [2.24, 2.45) is 0 Å². The number of hydrogen-bond acceptors (Lipinski definition) is 11. The minimum atomic E-state index is -1.80. The predicted molar refractivity (Wildman–Crippen MR) is 107 cm³/mol. The minimum absolute atomic E-state index is 0.0661. The van der Waals surface area contributed by atoms with Crippen LogP contribution in [-0.4, -0.2) is 73.1 Å². The fourth-order valence-corrected chi connectivity index (χ4v) is 3.46. The zero-order valence-electron chi connectivity index (χ0n) is 16.3. The van der Waals surface area contributed by atoms with Crippen molar-refractivity contribution in [1.82, 2.24) is 0 Å². The van der Waals surface area contributed by atoms with Gasteiger partial charge in [0.2, 0.25) is 17.5 Å². The summed E-state index contributed by atoms with van der Waals surface area (Å²) >= 11 is 0. The van der Waals surface area contributed by atoms with Gasteiger partial charge >= 0.3 is 0 Å². The monoisotopic (exact) mass is 448 g/mol. The van der Waals surface area contributed by atoms with Gasteiger partial charge in [-0.3, -0.25) is 4.79 Å². The molecule has 4 rings (SSSR count). The van der Waals surface area contributed by atoms with E-state index in [1.807, 2.05) is 0 Å². The molecule has 2 unspecified atom stereocenters. The molecule has 1 aliphatic rings. The van der Waals surface area contributed by atoms with Crippen LogP contribution in [0.1, 0.15) is 0 Å². The van der Waals surface area contributed by atoms with Crippen molar-refractivity contribution in [2.75, 3.05) is 6.61 Å². The third-order valence-corrected chi connectivity index (χ3v) is 5.13. The molecule has 0 aliphatic carbocycles. The summed E-state index contributed by atoms with van der Waals surface area (Å²) in [5.41, 5.74) is -0.801. The zero-order chi connectivity index (χ0) is 23.2. The molecule has 0 radical (unpaired) electrons. The molecule has 0 spiro atoms. The topological polar surface area (TPSA) is 190 Å². The third-order valence-electron chi connectivity index (χ3n) is 5.13. The second-order valence-corrected chi connectivity index (χ2v) is 7.29. The summed E-state index contributed by atoms with van der Waals surface area (Å²) < 4.78 is 16.6. The van der Waals surface area contributed by atoms with Crippen LogP contribution in [0.4, 0.5) is 0 Å². The Labute approximate surface area is 179 Å². The Balaban J connectivity index is 1.89. The Hall–Kier alpha value is -3.35. The van der Waals surface area contributed by atoms with E-state index in [2.05, 4.69) is 0 Å². The Kier molecular flexibility index (Phi) is 5.67. The van der Waals surface area contributed by atoms with Crippen LogP contribution < -0.4 is 10.2 Å². The normalized spacial score (nSPS) is 25.7. The number of rotatable bonds is 4. The molecule has 7 N–H and O–H groups in total. The van der Waals surface area contributed by atoms with Crippen molar-refractivity contribution >= 4 is 11.0 Å². The summed E-state index contributed by atoms with van der Waals surface area (Å²) in [6, 6.07) is 7.48. The number of ether oxygens (including phenoxy) is 2. The van der Waals surface area contributed by atoms with E-state index in [0.717, 1.165) is 12.1 Å². The van der Waals surface area contributed by atoms with Crippen molar-refractivity contribution in [2.45, 2.75) is 30.7 Å². The molecule has 11 nitrogen and oxygen atoms in total. The minimum Gasteiger partial charge on any atom is -0.508 e. The average Bonchev–Trinajstić information content (AvgIpc) is 2.75. The number of fused-ring (bicyclic) bond motifs is 1. The highest BCUT2D eigenvalue weighted by molar-refractivity contribution is 5.88. The lowest BCUT2D eigenvalue weighted by Gasteiger charge is -2.39. The van der Waals surface area contributed by atoms with E-state index in [9.17, 15) is 40.5 Å². The van der Waals surface area contributed by atoms with Crippen LogP contribution in [0.2, 0.25) is 0 Å². The molecule has 0 amide bonds. The van der Waals surface area contributed by atoms with Crippen molar-refractivity contribution < 1.29 is 49.6 Å². The Bertz CT molecular complexity index is 1190. The number of aliphatic hydroxyl groups is 4. The molecule has 3 aromatic rings. The lowest BCUT2D eigenvalue weighted by atomic mass is 9.99. The largest absolute Gasteiger partial charge is 0.508 e. The molecule has 0 saturated carbocycles. The molecule has 1 fully saturated rings. The van der Waals surface area contributed by atoms with Crippen LogP contribution in [0.25, 0.3) is 22.3 Å². The van der Waals surface area contributed by atoms with E-state index < -0.39 is 54.2 Å². The summed E-state index contributed by atoms with van der Waals surface area (Å²) in [6.07, 6.45) is -8.16. The van der Waals surface area contributed by atoms with Crippen molar-refractivity contribution in [3.8, 4) is 34.3 Å². The van der Waals surface area contributed by atoms with Gasteiger partial charge in [0, 0.05) is 17.7 Å². The summed E-state index contributed by atoms with van der Waals surface area (Å²) in [5.74, 6) is -1.73. The van der Waals surface area contributed by atoms with Gasteiger partial charge in [0.25, 0.3) is 0 Å². The quantitative estimate of drug-likeness (QED) is 0.279. The first kappa shape index (κ1) is 21.9. The Morgan fingerprint density at radius 2 is 1.59 bits per heavy atom. The first-order chi connectivity index (χ1) is 15.2. The van der Waals surface area contributed by atoms with E-state index >= 15 is 0 Å². The van der Waals surface area contributed by atoms with Gasteiger partial charge in [-0.05, 0) is 24.3 Å². The van der Waals surface area contributed by atoms with Crippen LogP contribution in [0, 0.1) is 0 Å². The summed E-state index contributed by atoms with van der Waals surface area (Å²) in [7, 11) is 0. The molecule has 1 aliphatic heterocycles. The molecule has 5 atom stereocenters. The molecule has 170 valence electrons. The molecule has 1 saturated heterocycles. The van der Waals surface area contributed by atoms with Gasteiger partial charge in [-0.15, -0.1) is 0 Å². The summed E-state index contributed by atoms with van der Waals surface area (Å²) in [4.78, 5) is 13.2. The molecule has 2 heterocycles. The molecule has 2 aromatic carbocycles. The van der Waals surface area contributed by atoms with Crippen molar-refractivity contribution in [3.05, 3.63) is 46.6 Å².